The molecule has 0 saturated heterocycles. The van der Waals surface area contributed by atoms with Crippen molar-refractivity contribution in [3.8, 4) is 0 Å². The molecule has 124 valence electrons. The average molecular weight is 322 g/mol. The summed E-state index contributed by atoms with van der Waals surface area (Å²) in [5.41, 5.74) is 2.88. The number of nitrogens with zero attached hydrogens (tertiary/aromatic N) is 3. The number of hydrogen-bond donors (Lipinski definition) is 1. The molecule has 0 aliphatic carbocycles. The van der Waals surface area contributed by atoms with Crippen LogP contribution in [0.1, 0.15) is 37.6 Å². The highest BCUT2D eigenvalue weighted by molar-refractivity contribution is 5.76. The van der Waals surface area contributed by atoms with Crippen LogP contribution >= 0.6 is 0 Å². The van der Waals surface area contributed by atoms with Crippen molar-refractivity contribution in [1.82, 2.24) is 19.9 Å². The van der Waals surface area contributed by atoms with E-state index in [9.17, 15) is 4.79 Å². The van der Waals surface area contributed by atoms with Gasteiger partial charge < -0.3 is 9.88 Å². The van der Waals surface area contributed by atoms with E-state index >= 15 is 0 Å². The fourth-order valence-corrected chi connectivity index (χ4v) is 2.68. The van der Waals surface area contributed by atoms with Crippen molar-refractivity contribution in [1.29, 1.82) is 0 Å². The minimum atomic E-state index is 0.0723. The van der Waals surface area contributed by atoms with Crippen LogP contribution < -0.4 is 5.32 Å². The first kappa shape index (κ1) is 16.2. The van der Waals surface area contributed by atoms with E-state index in [-0.39, 0.29) is 5.91 Å². The number of fused-ring (bicyclic) bond motifs is 1. The number of amides is 1. The minimum absolute atomic E-state index is 0.0723. The van der Waals surface area contributed by atoms with Crippen LogP contribution in [0.2, 0.25) is 0 Å². The van der Waals surface area contributed by atoms with Crippen LogP contribution in [0.15, 0.2) is 48.7 Å². The number of imidazole rings is 1. The molecule has 2 aromatic heterocycles. The third-order valence-electron chi connectivity index (χ3n) is 3.97. The molecular formula is C19H22N4O. The quantitative estimate of drug-likeness (QED) is 0.726. The van der Waals surface area contributed by atoms with Crippen LogP contribution in [0.4, 0.5) is 0 Å². The summed E-state index contributed by atoms with van der Waals surface area (Å²) in [6.45, 7) is 3.19. The van der Waals surface area contributed by atoms with Crippen molar-refractivity contribution in [3.05, 3.63) is 60.0 Å². The van der Waals surface area contributed by atoms with E-state index in [0.29, 0.717) is 19.5 Å². The van der Waals surface area contributed by atoms with Crippen LogP contribution in [0.3, 0.4) is 0 Å². The van der Waals surface area contributed by atoms with E-state index in [4.69, 9.17) is 0 Å². The van der Waals surface area contributed by atoms with Crippen molar-refractivity contribution in [2.24, 2.45) is 0 Å². The highest BCUT2D eigenvalue weighted by Gasteiger charge is 2.12. The number of nitrogens with one attached hydrogen (secondary N) is 1. The van der Waals surface area contributed by atoms with E-state index in [1.54, 1.807) is 6.20 Å². The van der Waals surface area contributed by atoms with Gasteiger partial charge in [-0.05, 0) is 24.1 Å². The molecule has 1 N–H and O–H groups in total. The first-order chi connectivity index (χ1) is 11.8. The average Bonchev–Trinajstić information content (AvgIpc) is 2.97. The van der Waals surface area contributed by atoms with Crippen LogP contribution in [-0.2, 0) is 17.9 Å². The van der Waals surface area contributed by atoms with Gasteiger partial charge in [0, 0.05) is 12.6 Å². The molecule has 0 fully saturated rings. The highest BCUT2D eigenvalue weighted by Crippen LogP contribution is 2.16. The minimum Gasteiger partial charge on any atom is -0.349 e. The molecule has 5 nitrogen and oxygen atoms in total. The second-order valence-corrected chi connectivity index (χ2v) is 5.83. The van der Waals surface area contributed by atoms with Crippen molar-refractivity contribution < 1.29 is 4.79 Å². The summed E-state index contributed by atoms with van der Waals surface area (Å²) in [7, 11) is 0. The Hall–Kier alpha value is -2.69. The zero-order valence-electron chi connectivity index (χ0n) is 13.9. The van der Waals surface area contributed by atoms with Crippen molar-refractivity contribution in [2.75, 3.05) is 0 Å². The van der Waals surface area contributed by atoms with Crippen molar-refractivity contribution in [3.63, 3.8) is 0 Å². The molecule has 5 heteroatoms. The largest absolute Gasteiger partial charge is 0.349 e. The molecule has 24 heavy (non-hydrogen) atoms. The Balaban J connectivity index is 1.83. The zero-order valence-corrected chi connectivity index (χ0v) is 13.9. The molecule has 1 amide bonds. The normalized spacial score (nSPS) is 10.9. The van der Waals surface area contributed by atoms with E-state index in [2.05, 4.69) is 38.9 Å². The van der Waals surface area contributed by atoms with Gasteiger partial charge in [0.05, 0.1) is 13.1 Å². The van der Waals surface area contributed by atoms with Gasteiger partial charge >= 0.3 is 0 Å². The van der Waals surface area contributed by atoms with Gasteiger partial charge in [0.15, 0.2) is 5.65 Å². The van der Waals surface area contributed by atoms with Gasteiger partial charge in [-0.2, -0.15) is 0 Å². The summed E-state index contributed by atoms with van der Waals surface area (Å²) in [5, 5.41) is 2.97. The van der Waals surface area contributed by atoms with Crippen LogP contribution in [0.5, 0.6) is 0 Å². The van der Waals surface area contributed by atoms with Crippen LogP contribution in [0, 0.1) is 0 Å². The molecule has 0 radical (unpaired) electrons. The lowest BCUT2D eigenvalue weighted by atomic mass is 10.2. The Labute approximate surface area is 141 Å². The number of pyridine rings is 1. The molecular weight excluding hydrogens is 300 g/mol. The van der Waals surface area contributed by atoms with Gasteiger partial charge in [-0.25, -0.2) is 9.97 Å². The second-order valence-electron chi connectivity index (χ2n) is 5.83. The molecule has 0 aliphatic heterocycles. The maximum absolute atomic E-state index is 11.9. The molecule has 0 bridgehead atoms. The summed E-state index contributed by atoms with van der Waals surface area (Å²) in [6, 6.07) is 14.0. The lowest BCUT2D eigenvalue weighted by molar-refractivity contribution is -0.121. The smallest absolute Gasteiger partial charge is 0.220 e. The lowest BCUT2D eigenvalue weighted by Crippen LogP contribution is -2.24. The predicted molar refractivity (Wildman–Crippen MR) is 94.4 cm³/mol. The molecule has 3 rings (SSSR count). The lowest BCUT2D eigenvalue weighted by Gasteiger charge is -2.10. The number of benzene rings is 1. The Kier molecular flexibility index (Phi) is 5.21. The fraction of sp³-hybridized carbons (Fsp3) is 0.316. The summed E-state index contributed by atoms with van der Waals surface area (Å²) in [6.07, 6.45) is 4.26. The van der Waals surface area contributed by atoms with E-state index < -0.39 is 0 Å². The summed E-state index contributed by atoms with van der Waals surface area (Å²) in [4.78, 5) is 21.0. The number of unbranched alkanes of at least 4 members (excludes halogenated alkanes) is 1. The fourth-order valence-electron chi connectivity index (χ4n) is 2.68. The number of carbonyl (C=O) groups is 1. The Morgan fingerprint density at radius 3 is 2.79 bits per heavy atom. The van der Waals surface area contributed by atoms with Gasteiger partial charge in [0.2, 0.25) is 5.91 Å². The molecule has 0 saturated carbocycles. The van der Waals surface area contributed by atoms with E-state index in [1.165, 1.54) is 5.56 Å². The topological polar surface area (TPSA) is 59.8 Å². The first-order valence-electron chi connectivity index (χ1n) is 8.38. The molecule has 0 unspecified atom stereocenters. The molecule has 0 aliphatic rings. The Morgan fingerprint density at radius 1 is 1.17 bits per heavy atom. The second kappa shape index (κ2) is 7.73. The predicted octanol–water partition coefficient (Wildman–Crippen LogP) is 3.29. The summed E-state index contributed by atoms with van der Waals surface area (Å²) >= 11 is 0. The number of rotatable bonds is 7. The molecule has 0 spiro atoms. The summed E-state index contributed by atoms with van der Waals surface area (Å²) < 4.78 is 2.07. The van der Waals surface area contributed by atoms with Gasteiger partial charge in [0.1, 0.15) is 11.3 Å². The first-order valence-corrected chi connectivity index (χ1v) is 8.38. The van der Waals surface area contributed by atoms with Crippen molar-refractivity contribution in [2.45, 2.75) is 39.3 Å². The monoisotopic (exact) mass is 322 g/mol. The summed E-state index contributed by atoms with van der Waals surface area (Å²) in [5.74, 6) is 0.903. The Morgan fingerprint density at radius 2 is 2.00 bits per heavy atom. The highest BCUT2D eigenvalue weighted by atomic mass is 16.1. The van der Waals surface area contributed by atoms with Gasteiger partial charge in [-0.1, -0.05) is 43.7 Å². The number of carbonyl (C=O) groups excluding carboxylic acids is 1. The standard InChI is InChI=1S/C19H22N4O/c1-2-3-11-18(24)21-13-17-22-16-10-7-12-20-19(16)23(17)14-15-8-5-4-6-9-15/h4-10,12H,2-3,11,13-14H2,1H3,(H,21,24). The number of hydrogen-bond acceptors (Lipinski definition) is 3. The SMILES string of the molecule is CCCCC(=O)NCc1nc2cccnc2n1Cc1ccccc1. The zero-order chi connectivity index (χ0) is 16.8. The number of aromatic nitrogens is 3. The third kappa shape index (κ3) is 3.79. The van der Waals surface area contributed by atoms with Gasteiger partial charge in [-0.3, -0.25) is 4.79 Å². The molecule has 3 aromatic rings. The maximum Gasteiger partial charge on any atom is 0.220 e. The van der Waals surface area contributed by atoms with E-state index in [0.717, 1.165) is 29.8 Å². The molecule has 1 aromatic carbocycles. The van der Waals surface area contributed by atoms with Gasteiger partial charge in [-0.15, -0.1) is 0 Å². The van der Waals surface area contributed by atoms with Gasteiger partial charge in [0.25, 0.3) is 0 Å². The third-order valence-corrected chi connectivity index (χ3v) is 3.97. The Bertz CT molecular complexity index is 811. The van der Waals surface area contributed by atoms with Crippen LogP contribution in [-0.4, -0.2) is 20.4 Å². The van der Waals surface area contributed by atoms with Crippen molar-refractivity contribution >= 4 is 17.1 Å². The van der Waals surface area contributed by atoms with Crippen LogP contribution in [0.25, 0.3) is 11.2 Å². The molecule has 2 heterocycles. The van der Waals surface area contributed by atoms with E-state index in [1.807, 2.05) is 30.3 Å². The molecule has 0 atom stereocenters. The maximum atomic E-state index is 11.9.